The minimum absolute atomic E-state index is 0.0663. The molecule has 32 heavy (non-hydrogen) atoms. The number of alkyl halides is 2. The molecule has 3 heterocycles. The molecule has 9 heteroatoms. The summed E-state index contributed by atoms with van der Waals surface area (Å²) in [5.41, 5.74) is 2.86. The number of H-pyrrole nitrogens is 1. The average molecular weight is 440 g/mol. The quantitative estimate of drug-likeness (QED) is 0.543. The summed E-state index contributed by atoms with van der Waals surface area (Å²) in [5, 5.41) is 9.91. The van der Waals surface area contributed by atoms with E-state index in [-0.39, 0.29) is 23.2 Å². The van der Waals surface area contributed by atoms with Crippen LogP contribution in [0, 0.1) is 11.6 Å². The third kappa shape index (κ3) is 3.51. The molecule has 2 aromatic carbocycles. The second-order valence-electron chi connectivity index (χ2n) is 7.15. The van der Waals surface area contributed by atoms with Gasteiger partial charge in [-0.2, -0.15) is 13.9 Å². The number of aromatic nitrogens is 2. The fraction of sp³-hybridized carbons (Fsp3) is 0.0870. The summed E-state index contributed by atoms with van der Waals surface area (Å²) in [6.45, 7) is -2.89. The zero-order valence-corrected chi connectivity index (χ0v) is 16.4. The third-order valence-electron chi connectivity index (χ3n) is 5.24. The molecule has 2 aliphatic rings. The molecular formula is C23H16F4N4O. The number of aromatic amines is 1. The minimum atomic E-state index is -2.89. The van der Waals surface area contributed by atoms with Gasteiger partial charge in [0, 0.05) is 23.5 Å². The van der Waals surface area contributed by atoms with Gasteiger partial charge in [-0.3, -0.25) is 5.10 Å². The van der Waals surface area contributed by atoms with Crippen LogP contribution in [0.2, 0.25) is 0 Å². The summed E-state index contributed by atoms with van der Waals surface area (Å²) >= 11 is 0. The molecule has 1 atom stereocenters. The molecule has 0 spiro atoms. The Kier molecular flexibility index (Phi) is 4.93. The largest absolute Gasteiger partial charge is 0.435 e. The van der Waals surface area contributed by atoms with Crippen molar-refractivity contribution in [3.05, 3.63) is 96.0 Å². The zero-order valence-electron chi connectivity index (χ0n) is 16.4. The van der Waals surface area contributed by atoms with Crippen LogP contribution in [0.5, 0.6) is 5.75 Å². The highest BCUT2D eigenvalue weighted by Crippen LogP contribution is 2.36. The van der Waals surface area contributed by atoms with E-state index in [1.807, 2.05) is 29.5 Å². The van der Waals surface area contributed by atoms with Crippen LogP contribution in [0.1, 0.15) is 11.1 Å². The highest BCUT2D eigenvalue weighted by atomic mass is 19.3. The van der Waals surface area contributed by atoms with Gasteiger partial charge in [0.15, 0.2) is 0 Å². The summed E-state index contributed by atoms with van der Waals surface area (Å²) in [4.78, 5) is 1.94. The molecule has 5 rings (SSSR count). The van der Waals surface area contributed by atoms with E-state index in [4.69, 9.17) is 0 Å². The van der Waals surface area contributed by atoms with Gasteiger partial charge in [0.05, 0.1) is 23.2 Å². The Labute approximate surface area is 180 Å². The van der Waals surface area contributed by atoms with Crippen molar-refractivity contribution in [1.82, 2.24) is 20.4 Å². The number of ether oxygens (including phenoxy) is 1. The molecule has 3 aromatic rings. The second-order valence-corrected chi connectivity index (χ2v) is 7.15. The first-order valence-electron chi connectivity index (χ1n) is 9.69. The number of nitrogens with zero attached hydrogens (tertiary/aromatic N) is 2. The van der Waals surface area contributed by atoms with Crippen LogP contribution in [0.25, 0.3) is 22.5 Å². The summed E-state index contributed by atoms with van der Waals surface area (Å²) in [6, 6.07) is 9.98. The number of fused-ring (bicyclic) bond motifs is 1. The Hall–Kier alpha value is -4.01. The number of benzene rings is 2. The lowest BCUT2D eigenvalue weighted by Crippen LogP contribution is -2.32. The molecule has 0 saturated carbocycles. The Morgan fingerprint density at radius 2 is 1.78 bits per heavy atom. The highest BCUT2D eigenvalue weighted by Gasteiger charge is 2.28. The molecule has 0 amide bonds. The number of nitrogens with one attached hydrogen (secondary N) is 2. The van der Waals surface area contributed by atoms with Crippen LogP contribution in [0.15, 0.2) is 73.2 Å². The van der Waals surface area contributed by atoms with Crippen molar-refractivity contribution >= 4 is 11.3 Å². The standard InChI is InChI=1S/C23H16F4N4O/c24-17-2-1-3-18(25)21(17)22-16(10-29-30-22)14-6-9-20-28-11-19(31(20)12-14)13-4-7-15(8-5-13)32-23(26)27/h1-12,20,23,28H,(H,29,30). The van der Waals surface area contributed by atoms with Crippen LogP contribution in [-0.4, -0.2) is 27.9 Å². The van der Waals surface area contributed by atoms with Gasteiger partial charge < -0.3 is 15.0 Å². The number of halogens is 4. The Morgan fingerprint density at radius 3 is 2.50 bits per heavy atom. The lowest BCUT2D eigenvalue weighted by Gasteiger charge is -2.28. The highest BCUT2D eigenvalue weighted by molar-refractivity contribution is 5.85. The minimum Gasteiger partial charge on any atom is -0.435 e. The molecule has 0 fully saturated rings. The Bertz CT molecular complexity index is 1230. The average Bonchev–Trinajstić information content (AvgIpc) is 3.41. The van der Waals surface area contributed by atoms with E-state index in [1.165, 1.54) is 36.5 Å². The fourth-order valence-electron chi connectivity index (χ4n) is 3.79. The van der Waals surface area contributed by atoms with Gasteiger partial charge in [-0.25, -0.2) is 8.78 Å². The van der Waals surface area contributed by atoms with Crippen molar-refractivity contribution in [2.75, 3.05) is 0 Å². The van der Waals surface area contributed by atoms with Crippen LogP contribution in [-0.2, 0) is 0 Å². The number of hydrogen-bond acceptors (Lipinski definition) is 4. The first-order chi connectivity index (χ1) is 15.5. The van der Waals surface area contributed by atoms with E-state index in [0.717, 1.165) is 11.3 Å². The second kappa shape index (κ2) is 7.92. The number of allylic oxidation sites excluding steroid dienone is 2. The van der Waals surface area contributed by atoms with Gasteiger partial charge in [-0.05, 0) is 48.0 Å². The molecule has 1 unspecified atom stereocenters. The Balaban J connectivity index is 1.47. The molecule has 2 aliphatic heterocycles. The van der Waals surface area contributed by atoms with E-state index in [2.05, 4.69) is 20.3 Å². The maximum absolute atomic E-state index is 14.4. The van der Waals surface area contributed by atoms with Gasteiger partial charge in [0.25, 0.3) is 0 Å². The smallest absolute Gasteiger partial charge is 0.387 e. The van der Waals surface area contributed by atoms with E-state index >= 15 is 0 Å². The van der Waals surface area contributed by atoms with E-state index in [1.54, 1.807) is 12.1 Å². The molecule has 0 aliphatic carbocycles. The van der Waals surface area contributed by atoms with Crippen molar-refractivity contribution in [1.29, 1.82) is 0 Å². The third-order valence-corrected chi connectivity index (χ3v) is 5.24. The summed E-state index contributed by atoms with van der Waals surface area (Å²) in [6.07, 6.45) is 8.75. The van der Waals surface area contributed by atoms with Crippen LogP contribution >= 0.6 is 0 Å². The van der Waals surface area contributed by atoms with Gasteiger partial charge in [-0.1, -0.05) is 12.1 Å². The SMILES string of the molecule is Fc1cccc(F)c1-c1[nH]ncc1C1=CN2C(c3ccc(OC(F)F)cc3)=CNC2C=C1. The Morgan fingerprint density at radius 1 is 1.03 bits per heavy atom. The summed E-state index contributed by atoms with van der Waals surface area (Å²) in [7, 11) is 0. The molecule has 5 nitrogen and oxygen atoms in total. The monoisotopic (exact) mass is 440 g/mol. The summed E-state index contributed by atoms with van der Waals surface area (Å²) in [5.74, 6) is -1.32. The predicted octanol–water partition coefficient (Wildman–Crippen LogP) is 5.10. The molecule has 0 saturated heterocycles. The molecular weight excluding hydrogens is 424 g/mol. The number of rotatable bonds is 5. The van der Waals surface area contributed by atoms with E-state index < -0.39 is 18.2 Å². The summed E-state index contributed by atoms with van der Waals surface area (Å²) < 4.78 is 57.9. The van der Waals surface area contributed by atoms with E-state index in [9.17, 15) is 17.6 Å². The molecule has 0 radical (unpaired) electrons. The molecule has 0 bridgehead atoms. The van der Waals surface area contributed by atoms with Crippen molar-refractivity contribution < 1.29 is 22.3 Å². The van der Waals surface area contributed by atoms with E-state index in [0.29, 0.717) is 11.1 Å². The number of hydrogen-bond donors (Lipinski definition) is 2. The van der Waals surface area contributed by atoms with Crippen LogP contribution < -0.4 is 10.1 Å². The molecule has 162 valence electrons. The lowest BCUT2D eigenvalue weighted by atomic mass is 9.99. The van der Waals surface area contributed by atoms with Gasteiger partial charge in [0.1, 0.15) is 23.5 Å². The molecule has 2 N–H and O–H groups in total. The van der Waals surface area contributed by atoms with Crippen LogP contribution in [0.3, 0.4) is 0 Å². The van der Waals surface area contributed by atoms with Crippen molar-refractivity contribution in [2.45, 2.75) is 12.8 Å². The maximum atomic E-state index is 14.4. The first-order valence-corrected chi connectivity index (χ1v) is 9.69. The van der Waals surface area contributed by atoms with Crippen molar-refractivity contribution in [2.24, 2.45) is 0 Å². The first kappa shape index (κ1) is 19.9. The normalized spacial score (nSPS) is 17.2. The maximum Gasteiger partial charge on any atom is 0.387 e. The zero-order chi connectivity index (χ0) is 22.2. The van der Waals surface area contributed by atoms with Crippen molar-refractivity contribution in [3.63, 3.8) is 0 Å². The predicted molar refractivity (Wildman–Crippen MR) is 111 cm³/mol. The fourth-order valence-corrected chi connectivity index (χ4v) is 3.79. The lowest BCUT2D eigenvalue weighted by molar-refractivity contribution is -0.0498. The van der Waals surface area contributed by atoms with Gasteiger partial charge in [-0.15, -0.1) is 0 Å². The van der Waals surface area contributed by atoms with Gasteiger partial charge in [0.2, 0.25) is 0 Å². The molecule has 1 aromatic heterocycles. The van der Waals surface area contributed by atoms with Gasteiger partial charge >= 0.3 is 6.61 Å². The topological polar surface area (TPSA) is 53.2 Å². The van der Waals surface area contributed by atoms with Crippen molar-refractivity contribution in [3.8, 4) is 17.0 Å². The van der Waals surface area contributed by atoms with Crippen LogP contribution in [0.4, 0.5) is 17.6 Å².